The first kappa shape index (κ1) is 10.4. The van der Waals surface area contributed by atoms with E-state index >= 15 is 0 Å². The predicted molar refractivity (Wildman–Crippen MR) is 50.6 cm³/mol. The lowest BCUT2D eigenvalue weighted by Crippen LogP contribution is -2.03. The number of phenolic OH excluding ortho intramolecular Hbond substituents is 1. The van der Waals surface area contributed by atoms with Crippen molar-refractivity contribution in [1.29, 1.82) is 0 Å². The largest absolute Gasteiger partial charge is 0.508 e. The van der Waals surface area contributed by atoms with Crippen molar-refractivity contribution in [2.45, 2.75) is 13.8 Å². The van der Waals surface area contributed by atoms with Crippen molar-refractivity contribution in [3.05, 3.63) is 18.2 Å². The second-order valence-electron chi connectivity index (χ2n) is 2.66. The third-order valence-electron chi connectivity index (χ3n) is 1.48. The molecule has 0 aliphatic rings. The summed E-state index contributed by atoms with van der Waals surface area (Å²) in [7, 11) is 0. The van der Waals surface area contributed by atoms with Crippen LogP contribution in [0.4, 0.5) is 0 Å². The van der Waals surface area contributed by atoms with E-state index in [1.54, 1.807) is 0 Å². The van der Waals surface area contributed by atoms with Gasteiger partial charge >= 0.3 is 5.97 Å². The highest BCUT2D eigenvalue weighted by Gasteiger charge is 2.07. The number of phenols is 1. The highest BCUT2D eigenvalue weighted by atomic mass is 16.6. The van der Waals surface area contributed by atoms with Gasteiger partial charge in [-0.2, -0.15) is 0 Å². The van der Waals surface area contributed by atoms with E-state index in [4.69, 9.17) is 9.47 Å². The summed E-state index contributed by atoms with van der Waals surface area (Å²) in [5.41, 5.74) is 0. The van der Waals surface area contributed by atoms with E-state index in [0.717, 1.165) is 0 Å². The number of carbonyl (C=O) groups is 1. The number of benzene rings is 1. The third kappa shape index (κ3) is 2.65. The van der Waals surface area contributed by atoms with Gasteiger partial charge in [-0.1, -0.05) is 0 Å². The van der Waals surface area contributed by atoms with Gasteiger partial charge < -0.3 is 14.6 Å². The maximum atomic E-state index is 10.7. The minimum atomic E-state index is -0.420. The minimum absolute atomic E-state index is 0.0735. The molecule has 0 unspecified atom stereocenters. The minimum Gasteiger partial charge on any atom is -0.508 e. The number of hydrogen-bond donors (Lipinski definition) is 1. The maximum absolute atomic E-state index is 10.7. The summed E-state index contributed by atoms with van der Waals surface area (Å²) in [6, 6.07) is 4.32. The lowest BCUT2D eigenvalue weighted by atomic mass is 10.3. The Bertz CT molecular complexity index is 333. The zero-order valence-electron chi connectivity index (χ0n) is 8.11. The Kier molecular flexibility index (Phi) is 3.34. The Morgan fingerprint density at radius 1 is 1.43 bits per heavy atom. The number of aromatic hydroxyl groups is 1. The average Bonchev–Trinajstić information content (AvgIpc) is 2.09. The SMILES string of the molecule is CCOc1cc(O)ccc1OC(C)=O. The molecule has 76 valence electrons. The average molecular weight is 196 g/mol. The van der Waals surface area contributed by atoms with Crippen molar-refractivity contribution in [2.24, 2.45) is 0 Å². The summed E-state index contributed by atoms with van der Waals surface area (Å²) < 4.78 is 10.1. The molecule has 0 aliphatic heterocycles. The van der Waals surface area contributed by atoms with Crippen molar-refractivity contribution in [3.63, 3.8) is 0 Å². The van der Waals surface area contributed by atoms with Gasteiger partial charge in [0.1, 0.15) is 5.75 Å². The van der Waals surface area contributed by atoms with E-state index in [0.29, 0.717) is 18.1 Å². The molecule has 4 heteroatoms. The Morgan fingerprint density at radius 3 is 2.71 bits per heavy atom. The second kappa shape index (κ2) is 4.50. The molecule has 0 saturated heterocycles. The second-order valence-corrected chi connectivity index (χ2v) is 2.66. The molecule has 1 N–H and O–H groups in total. The molecule has 0 aromatic heterocycles. The third-order valence-corrected chi connectivity index (χ3v) is 1.48. The summed E-state index contributed by atoms with van der Waals surface area (Å²) in [5.74, 6) is 0.334. The molecule has 4 nitrogen and oxygen atoms in total. The molecule has 1 rings (SSSR count). The van der Waals surface area contributed by atoms with Gasteiger partial charge in [0.2, 0.25) is 0 Å². The van der Waals surface area contributed by atoms with Crippen molar-refractivity contribution in [1.82, 2.24) is 0 Å². The van der Waals surface area contributed by atoms with Crippen molar-refractivity contribution in [3.8, 4) is 17.2 Å². The Morgan fingerprint density at radius 2 is 2.14 bits per heavy atom. The summed E-state index contributed by atoms with van der Waals surface area (Å²) in [6.45, 7) is 3.56. The smallest absolute Gasteiger partial charge is 0.308 e. The molecule has 1 aromatic carbocycles. The van der Waals surface area contributed by atoms with Crippen LogP contribution in [0.25, 0.3) is 0 Å². The Labute approximate surface area is 82.1 Å². The lowest BCUT2D eigenvalue weighted by molar-refractivity contribution is -0.132. The lowest BCUT2D eigenvalue weighted by Gasteiger charge is -2.09. The molecule has 0 fully saturated rings. The zero-order valence-corrected chi connectivity index (χ0v) is 8.11. The van der Waals surface area contributed by atoms with Crippen LogP contribution in [0.5, 0.6) is 17.2 Å². The first-order chi connectivity index (χ1) is 6.63. The topological polar surface area (TPSA) is 55.8 Å². The van der Waals surface area contributed by atoms with Gasteiger partial charge in [-0.25, -0.2) is 0 Å². The van der Waals surface area contributed by atoms with Crippen molar-refractivity contribution < 1.29 is 19.4 Å². The van der Waals surface area contributed by atoms with Crippen LogP contribution in [0.15, 0.2) is 18.2 Å². The van der Waals surface area contributed by atoms with Crippen LogP contribution in [-0.2, 0) is 4.79 Å². The molecule has 0 saturated carbocycles. The highest BCUT2D eigenvalue weighted by molar-refractivity contribution is 5.70. The van der Waals surface area contributed by atoms with Gasteiger partial charge in [0, 0.05) is 13.0 Å². The van der Waals surface area contributed by atoms with Gasteiger partial charge in [0.25, 0.3) is 0 Å². The summed E-state index contributed by atoms with van der Waals surface area (Å²) >= 11 is 0. The summed E-state index contributed by atoms with van der Waals surface area (Å²) in [5, 5.41) is 9.18. The molecule has 1 aromatic rings. The fourth-order valence-corrected chi connectivity index (χ4v) is 1.00. The summed E-state index contributed by atoms with van der Waals surface area (Å²) in [6.07, 6.45) is 0. The number of ether oxygens (including phenoxy) is 2. The standard InChI is InChI=1S/C10H12O4/c1-3-13-10-6-8(12)4-5-9(10)14-7(2)11/h4-6,12H,3H2,1-2H3. The van der Waals surface area contributed by atoms with E-state index in [1.165, 1.54) is 25.1 Å². The predicted octanol–water partition coefficient (Wildman–Crippen LogP) is 1.72. The maximum Gasteiger partial charge on any atom is 0.308 e. The van der Waals surface area contributed by atoms with Crippen LogP contribution in [0.3, 0.4) is 0 Å². The van der Waals surface area contributed by atoms with E-state index in [9.17, 15) is 9.90 Å². The molecule has 0 spiro atoms. The number of rotatable bonds is 3. The van der Waals surface area contributed by atoms with Gasteiger partial charge in [-0.3, -0.25) is 4.79 Å². The highest BCUT2D eigenvalue weighted by Crippen LogP contribution is 2.30. The Hall–Kier alpha value is -1.71. The van der Waals surface area contributed by atoms with Crippen LogP contribution in [-0.4, -0.2) is 17.7 Å². The quantitative estimate of drug-likeness (QED) is 0.590. The zero-order chi connectivity index (χ0) is 10.6. The molecule has 0 amide bonds. The molecule has 14 heavy (non-hydrogen) atoms. The number of esters is 1. The molecule has 0 radical (unpaired) electrons. The van der Waals surface area contributed by atoms with Crippen LogP contribution in [0, 0.1) is 0 Å². The molecule has 0 atom stereocenters. The van der Waals surface area contributed by atoms with Crippen LogP contribution >= 0.6 is 0 Å². The summed E-state index contributed by atoms with van der Waals surface area (Å²) in [4.78, 5) is 10.7. The van der Waals surface area contributed by atoms with Gasteiger partial charge in [-0.15, -0.1) is 0 Å². The van der Waals surface area contributed by atoms with Crippen molar-refractivity contribution >= 4 is 5.97 Å². The Balaban J connectivity index is 2.95. The van der Waals surface area contributed by atoms with E-state index in [2.05, 4.69) is 0 Å². The molecule has 0 heterocycles. The van der Waals surface area contributed by atoms with E-state index in [-0.39, 0.29) is 5.75 Å². The van der Waals surface area contributed by atoms with Crippen LogP contribution in [0.1, 0.15) is 13.8 Å². The van der Waals surface area contributed by atoms with Gasteiger partial charge in [-0.05, 0) is 19.1 Å². The van der Waals surface area contributed by atoms with Crippen LogP contribution < -0.4 is 9.47 Å². The molecule has 0 aliphatic carbocycles. The van der Waals surface area contributed by atoms with Crippen LogP contribution in [0.2, 0.25) is 0 Å². The van der Waals surface area contributed by atoms with Gasteiger partial charge in [0.05, 0.1) is 6.61 Å². The number of hydrogen-bond acceptors (Lipinski definition) is 4. The van der Waals surface area contributed by atoms with E-state index in [1.807, 2.05) is 6.92 Å². The first-order valence-electron chi connectivity index (χ1n) is 4.27. The van der Waals surface area contributed by atoms with Crippen molar-refractivity contribution in [2.75, 3.05) is 6.61 Å². The molecular weight excluding hydrogens is 184 g/mol. The fourth-order valence-electron chi connectivity index (χ4n) is 1.00. The number of carbonyl (C=O) groups excluding carboxylic acids is 1. The normalized spacial score (nSPS) is 9.57. The molecular formula is C10H12O4. The van der Waals surface area contributed by atoms with E-state index < -0.39 is 5.97 Å². The monoisotopic (exact) mass is 196 g/mol. The molecule has 0 bridgehead atoms. The first-order valence-corrected chi connectivity index (χ1v) is 4.27. The van der Waals surface area contributed by atoms with Gasteiger partial charge in [0.15, 0.2) is 11.5 Å². The fraction of sp³-hybridized carbons (Fsp3) is 0.300.